The van der Waals surface area contributed by atoms with Gasteiger partial charge in [0.05, 0.1) is 26.2 Å². The fourth-order valence-electron chi connectivity index (χ4n) is 8.88. The van der Waals surface area contributed by atoms with Crippen LogP contribution in [0.4, 0.5) is 0 Å². The molecule has 428 valence electrons. The van der Waals surface area contributed by atoms with Gasteiger partial charge in [-0.3, -0.25) is 9.59 Å². The maximum Gasteiger partial charge on any atom is 0.310 e. The van der Waals surface area contributed by atoms with Gasteiger partial charge in [0, 0.05) is 6.42 Å². The Labute approximate surface area is 445 Å². The normalized spacial score (nSPS) is 25.1. The summed E-state index contributed by atoms with van der Waals surface area (Å²) in [7, 11) is 0. The number of carbonyl (C=O) groups is 2. The van der Waals surface area contributed by atoms with Gasteiger partial charge in [0.15, 0.2) is 18.7 Å². The van der Waals surface area contributed by atoms with E-state index in [0.717, 1.165) is 44.9 Å². The SMILES string of the molecule is CC/C=C\C/C=C\C/C=C\C/C=C\C/C=C\CC(=O)OC(COC(=O)CCCCCCCCCCCCCCCCCCCCCCCCC)COC1OC(COC2OC(CO)C(O)C(O)C2O)C(O)C(O)C1O. The smallest absolute Gasteiger partial charge is 0.310 e. The molecule has 0 saturated carbocycles. The third-order valence-electron chi connectivity index (χ3n) is 13.5. The number of hydrogen-bond donors (Lipinski definition) is 7. The highest BCUT2D eigenvalue weighted by Crippen LogP contribution is 2.27. The van der Waals surface area contributed by atoms with Gasteiger partial charge >= 0.3 is 11.9 Å². The Kier molecular flexibility index (Phi) is 41.2. The molecule has 0 amide bonds. The molecule has 11 atom stereocenters. The van der Waals surface area contributed by atoms with Crippen molar-refractivity contribution in [2.24, 2.45) is 0 Å². The van der Waals surface area contributed by atoms with Crippen molar-refractivity contribution < 1.29 is 73.8 Å². The number of aliphatic hydroxyl groups is 7. The van der Waals surface area contributed by atoms with Crippen LogP contribution in [0.5, 0.6) is 0 Å². The number of carbonyl (C=O) groups excluding carboxylic acids is 2. The number of ether oxygens (including phenoxy) is 6. The molecular weight excluding hydrogens is 949 g/mol. The maximum absolute atomic E-state index is 13.0. The lowest BCUT2D eigenvalue weighted by Gasteiger charge is -2.42. The summed E-state index contributed by atoms with van der Waals surface area (Å²) in [6.45, 7) is 2.40. The second kappa shape index (κ2) is 45.2. The van der Waals surface area contributed by atoms with E-state index in [1.165, 1.54) is 122 Å². The maximum atomic E-state index is 13.0. The summed E-state index contributed by atoms with van der Waals surface area (Å²) in [6, 6.07) is 0. The first kappa shape index (κ1) is 67.3. The first-order chi connectivity index (χ1) is 36.0. The minimum atomic E-state index is -1.78. The third kappa shape index (κ3) is 32.1. The number of aliphatic hydroxyl groups excluding tert-OH is 7. The number of hydrogen-bond acceptors (Lipinski definition) is 15. The summed E-state index contributed by atoms with van der Waals surface area (Å²) in [4.78, 5) is 25.8. The predicted molar refractivity (Wildman–Crippen MR) is 289 cm³/mol. The molecule has 0 aromatic carbocycles. The molecule has 2 rings (SSSR count). The van der Waals surface area contributed by atoms with Crippen LogP contribution in [-0.4, -0.2) is 142 Å². The fraction of sp³-hybridized carbons (Fsp3) is 0.797. The summed E-state index contributed by atoms with van der Waals surface area (Å²) >= 11 is 0. The van der Waals surface area contributed by atoms with Gasteiger partial charge in [-0.1, -0.05) is 216 Å². The Morgan fingerprint density at radius 1 is 0.446 bits per heavy atom. The van der Waals surface area contributed by atoms with E-state index in [1.54, 1.807) is 6.08 Å². The first-order valence-electron chi connectivity index (χ1n) is 28.9. The van der Waals surface area contributed by atoms with Crippen molar-refractivity contribution in [3.63, 3.8) is 0 Å². The van der Waals surface area contributed by atoms with Crippen LogP contribution in [0.25, 0.3) is 0 Å². The van der Waals surface area contributed by atoms with Crippen molar-refractivity contribution in [3.05, 3.63) is 60.8 Å². The van der Waals surface area contributed by atoms with Gasteiger partial charge in [-0.25, -0.2) is 0 Å². The van der Waals surface area contributed by atoms with Crippen LogP contribution < -0.4 is 0 Å². The molecule has 2 saturated heterocycles. The molecule has 0 bridgehead atoms. The Morgan fingerprint density at radius 3 is 1.28 bits per heavy atom. The van der Waals surface area contributed by atoms with E-state index < -0.39 is 99.3 Å². The average molecular weight is 1050 g/mol. The van der Waals surface area contributed by atoms with Gasteiger partial charge in [-0.05, 0) is 38.5 Å². The van der Waals surface area contributed by atoms with Crippen molar-refractivity contribution in [3.8, 4) is 0 Å². The quantitative estimate of drug-likeness (QED) is 0.0171. The second-order valence-electron chi connectivity index (χ2n) is 20.1. The highest BCUT2D eigenvalue weighted by molar-refractivity contribution is 5.71. The first-order valence-corrected chi connectivity index (χ1v) is 28.9. The van der Waals surface area contributed by atoms with Crippen LogP contribution in [-0.2, 0) is 38.0 Å². The average Bonchev–Trinajstić information content (AvgIpc) is 3.39. The minimum Gasteiger partial charge on any atom is -0.462 e. The number of unbranched alkanes of at least 4 members (excludes halogenated alkanes) is 22. The molecule has 0 spiro atoms. The van der Waals surface area contributed by atoms with E-state index >= 15 is 0 Å². The van der Waals surface area contributed by atoms with Crippen molar-refractivity contribution in [2.45, 2.75) is 274 Å². The van der Waals surface area contributed by atoms with Crippen LogP contribution in [0.15, 0.2) is 60.8 Å². The monoisotopic (exact) mass is 1050 g/mol. The summed E-state index contributed by atoms with van der Waals surface area (Å²) in [6.07, 6.45) is 37.2. The van der Waals surface area contributed by atoms with Gasteiger partial charge in [0.2, 0.25) is 0 Å². The molecule has 0 aromatic heterocycles. The van der Waals surface area contributed by atoms with Crippen LogP contribution in [0.3, 0.4) is 0 Å². The highest BCUT2D eigenvalue weighted by Gasteiger charge is 2.47. The van der Waals surface area contributed by atoms with Crippen molar-refractivity contribution in [1.29, 1.82) is 0 Å². The molecule has 74 heavy (non-hydrogen) atoms. The zero-order valence-corrected chi connectivity index (χ0v) is 45.6. The molecule has 2 heterocycles. The molecule has 2 fully saturated rings. The minimum absolute atomic E-state index is 0.0672. The number of rotatable bonds is 45. The Morgan fingerprint density at radius 2 is 0.838 bits per heavy atom. The van der Waals surface area contributed by atoms with E-state index in [9.17, 15) is 45.3 Å². The molecule has 15 heteroatoms. The lowest BCUT2D eigenvalue weighted by atomic mass is 9.98. The van der Waals surface area contributed by atoms with Crippen LogP contribution in [0.1, 0.15) is 206 Å². The van der Waals surface area contributed by atoms with Crippen LogP contribution in [0.2, 0.25) is 0 Å². The Hall–Kier alpha value is -2.80. The van der Waals surface area contributed by atoms with Gasteiger partial charge in [0.1, 0.15) is 55.4 Å². The van der Waals surface area contributed by atoms with Gasteiger partial charge in [-0.2, -0.15) is 0 Å². The molecule has 2 aliphatic rings. The molecule has 0 aliphatic carbocycles. The zero-order valence-electron chi connectivity index (χ0n) is 45.6. The molecule has 11 unspecified atom stereocenters. The molecule has 2 aliphatic heterocycles. The molecule has 0 radical (unpaired) electrons. The Bertz CT molecular complexity index is 1520. The van der Waals surface area contributed by atoms with Gasteiger partial charge in [-0.15, -0.1) is 0 Å². The van der Waals surface area contributed by atoms with E-state index in [2.05, 4.69) is 50.3 Å². The number of allylic oxidation sites excluding steroid dienone is 9. The van der Waals surface area contributed by atoms with Crippen molar-refractivity contribution >= 4 is 11.9 Å². The van der Waals surface area contributed by atoms with Crippen LogP contribution in [0, 0.1) is 0 Å². The predicted octanol–water partition coefficient (Wildman–Crippen LogP) is 9.61. The fourth-order valence-corrected chi connectivity index (χ4v) is 8.88. The molecule has 15 nitrogen and oxygen atoms in total. The summed E-state index contributed by atoms with van der Waals surface area (Å²) < 4.78 is 33.5. The van der Waals surface area contributed by atoms with Crippen molar-refractivity contribution in [2.75, 3.05) is 26.4 Å². The van der Waals surface area contributed by atoms with E-state index in [1.807, 2.05) is 18.2 Å². The van der Waals surface area contributed by atoms with Crippen LogP contribution >= 0.6 is 0 Å². The van der Waals surface area contributed by atoms with Crippen molar-refractivity contribution in [1.82, 2.24) is 0 Å². The summed E-state index contributed by atoms with van der Waals surface area (Å²) in [5.74, 6) is -1.07. The third-order valence-corrected chi connectivity index (χ3v) is 13.5. The van der Waals surface area contributed by atoms with E-state index in [-0.39, 0.29) is 19.4 Å². The Balaban J connectivity index is 1.75. The van der Waals surface area contributed by atoms with Gasteiger partial charge < -0.3 is 64.2 Å². The number of esters is 2. The topological polar surface area (TPSA) is 231 Å². The summed E-state index contributed by atoms with van der Waals surface area (Å²) in [5.41, 5.74) is 0. The largest absolute Gasteiger partial charge is 0.462 e. The molecular formula is C59H102O15. The van der Waals surface area contributed by atoms with E-state index in [4.69, 9.17) is 28.4 Å². The zero-order chi connectivity index (χ0) is 53.9. The molecule has 7 N–H and O–H groups in total. The lowest BCUT2D eigenvalue weighted by molar-refractivity contribution is -0.332. The highest BCUT2D eigenvalue weighted by atomic mass is 16.7. The summed E-state index contributed by atoms with van der Waals surface area (Å²) in [5, 5.41) is 72.2. The second-order valence-corrected chi connectivity index (χ2v) is 20.1. The van der Waals surface area contributed by atoms with Gasteiger partial charge in [0.25, 0.3) is 0 Å². The lowest BCUT2D eigenvalue weighted by Crippen LogP contribution is -2.61. The standard InChI is InChI=1S/C59H102O15/c1-3-5-7-9-11-13-15-17-19-20-21-22-23-24-25-26-28-29-31-33-35-37-39-41-50(61)69-44-47(72-51(62)42-40-38-36-34-32-30-27-18-16-14-12-10-8-6-4-2)45-70-58-57(68)55(66)53(64)49(74-58)46-71-59-56(67)54(65)52(63)48(43-60)73-59/h6,8,12,14,18,27,32,34,38,40,47-49,52-60,63-68H,3-5,7,9-11,13,15-17,19-26,28-31,33,35-37,39,41-46H2,1-2H3/b8-6-,14-12-,27-18-,34-32-,40-38-. The van der Waals surface area contributed by atoms with E-state index in [0.29, 0.717) is 12.8 Å². The molecule has 0 aromatic rings.